The Hall–Kier alpha value is -1.88. The molecule has 0 saturated heterocycles. The van der Waals surface area contributed by atoms with Crippen molar-refractivity contribution in [2.45, 2.75) is 26.3 Å². The Labute approximate surface area is 107 Å². The Morgan fingerprint density at radius 1 is 1.33 bits per heavy atom. The van der Waals surface area contributed by atoms with Crippen LogP contribution >= 0.6 is 0 Å². The number of methoxy groups -OCH3 is 1. The highest BCUT2D eigenvalue weighted by Gasteiger charge is 2.19. The van der Waals surface area contributed by atoms with Gasteiger partial charge in [-0.05, 0) is 38.5 Å². The predicted octanol–water partition coefficient (Wildman–Crippen LogP) is 1.78. The van der Waals surface area contributed by atoms with Crippen molar-refractivity contribution in [3.63, 3.8) is 0 Å². The minimum absolute atomic E-state index is 0.505. The van der Waals surface area contributed by atoms with Crippen LogP contribution < -0.4 is 10.5 Å². The molecule has 0 aliphatic rings. The van der Waals surface area contributed by atoms with Gasteiger partial charge in [-0.2, -0.15) is 0 Å². The van der Waals surface area contributed by atoms with E-state index in [2.05, 4.69) is 10.3 Å². The number of aryl methyl sites for hydroxylation is 1. The number of nitrogens with two attached hydrogens (primary N) is 1. The van der Waals surface area contributed by atoms with Crippen LogP contribution in [0.3, 0.4) is 0 Å². The third kappa shape index (κ3) is 2.36. The second-order valence-electron chi connectivity index (χ2n) is 4.95. The van der Waals surface area contributed by atoms with Crippen molar-refractivity contribution >= 4 is 0 Å². The minimum Gasteiger partial charge on any atom is -0.494 e. The molecule has 2 N–H and O–H groups in total. The van der Waals surface area contributed by atoms with Crippen molar-refractivity contribution in [1.82, 2.24) is 15.0 Å². The van der Waals surface area contributed by atoms with Crippen molar-refractivity contribution in [2.75, 3.05) is 7.11 Å². The number of hydrogen-bond donors (Lipinski definition) is 1. The minimum atomic E-state index is -0.505. The largest absolute Gasteiger partial charge is 0.494 e. The van der Waals surface area contributed by atoms with Crippen LogP contribution in [0.2, 0.25) is 0 Å². The Kier molecular flexibility index (Phi) is 3.09. The third-order valence-corrected chi connectivity index (χ3v) is 2.73. The molecular weight excluding hydrogens is 228 g/mol. The first-order valence-electron chi connectivity index (χ1n) is 5.78. The van der Waals surface area contributed by atoms with Crippen LogP contribution in [-0.2, 0) is 5.54 Å². The molecule has 1 aromatic heterocycles. The maximum Gasteiger partial charge on any atom is 0.144 e. The van der Waals surface area contributed by atoms with Crippen LogP contribution in [-0.4, -0.2) is 22.1 Å². The van der Waals surface area contributed by atoms with Crippen LogP contribution in [0.1, 0.15) is 25.1 Å². The van der Waals surface area contributed by atoms with Crippen LogP contribution in [0.5, 0.6) is 5.75 Å². The van der Waals surface area contributed by atoms with Gasteiger partial charge in [-0.1, -0.05) is 11.3 Å². The van der Waals surface area contributed by atoms with Gasteiger partial charge >= 0.3 is 0 Å². The van der Waals surface area contributed by atoms with Crippen LogP contribution in [0.4, 0.5) is 0 Å². The lowest BCUT2D eigenvalue weighted by Gasteiger charge is -2.13. The zero-order chi connectivity index (χ0) is 13.3. The summed E-state index contributed by atoms with van der Waals surface area (Å²) >= 11 is 0. The highest BCUT2D eigenvalue weighted by Crippen LogP contribution is 2.24. The summed E-state index contributed by atoms with van der Waals surface area (Å²) in [5.41, 5.74) is 8.23. The fourth-order valence-electron chi connectivity index (χ4n) is 1.66. The van der Waals surface area contributed by atoms with E-state index >= 15 is 0 Å². The van der Waals surface area contributed by atoms with Gasteiger partial charge in [-0.15, -0.1) is 5.10 Å². The van der Waals surface area contributed by atoms with Crippen molar-refractivity contribution in [3.8, 4) is 11.4 Å². The standard InChI is InChI=1S/C13H18N4O/c1-9-5-6-11(18-4)10(7-9)17-8-12(15-16-17)13(2,3)14/h5-8H,14H2,1-4H3. The van der Waals surface area contributed by atoms with Gasteiger partial charge in [0.1, 0.15) is 17.1 Å². The fraction of sp³-hybridized carbons (Fsp3) is 0.385. The normalized spacial score (nSPS) is 11.6. The fourth-order valence-corrected chi connectivity index (χ4v) is 1.66. The first-order valence-corrected chi connectivity index (χ1v) is 5.78. The van der Waals surface area contributed by atoms with E-state index in [1.165, 1.54) is 0 Å². The number of benzene rings is 1. The molecule has 0 aliphatic heterocycles. The van der Waals surface area contributed by atoms with Crippen molar-refractivity contribution in [2.24, 2.45) is 5.73 Å². The van der Waals surface area contributed by atoms with Gasteiger partial charge in [0.2, 0.25) is 0 Å². The maximum atomic E-state index is 6.00. The summed E-state index contributed by atoms with van der Waals surface area (Å²) in [7, 11) is 1.64. The molecule has 18 heavy (non-hydrogen) atoms. The quantitative estimate of drug-likeness (QED) is 0.896. The number of rotatable bonds is 3. The van der Waals surface area contributed by atoms with Gasteiger partial charge in [0, 0.05) is 0 Å². The number of nitrogens with zero attached hydrogens (tertiary/aromatic N) is 3. The summed E-state index contributed by atoms with van der Waals surface area (Å²) < 4.78 is 7.02. The second-order valence-corrected chi connectivity index (χ2v) is 4.95. The number of hydrogen-bond acceptors (Lipinski definition) is 4. The van der Waals surface area contributed by atoms with Crippen LogP contribution in [0.25, 0.3) is 5.69 Å². The molecule has 0 radical (unpaired) electrons. The number of aromatic nitrogens is 3. The molecule has 5 heteroatoms. The van der Waals surface area contributed by atoms with E-state index in [-0.39, 0.29) is 0 Å². The number of ether oxygens (including phenoxy) is 1. The summed E-state index contributed by atoms with van der Waals surface area (Å²) in [5.74, 6) is 0.756. The van der Waals surface area contributed by atoms with Crippen molar-refractivity contribution in [3.05, 3.63) is 35.7 Å². The van der Waals surface area contributed by atoms with Crippen molar-refractivity contribution in [1.29, 1.82) is 0 Å². The van der Waals surface area contributed by atoms with E-state index in [1.54, 1.807) is 11.8 Å². The lowest BCUT2D eigenvalue weighted by molar-refractivity contribution is 0.411. The van der Waals surface area contributed by atoms with E-state index in [4.69, 9.17) is 10.5 Å². The van der Waals surface area contributed by atoms with Crippen LogP contribution in [0.15, 0.2) is 24.4 Å². The van der Waals surface area contributed by atoms with Gasteiger partial charge in [-0.3, -0.25) is 0 Å². The maximum absolute atomic E-state index is 6.00. The molecule has 5 nitrogen and oxygen atoms in total. The van der Waals surface area contributed by atoms with Gasteiger partial charge in [0.25, 0.3) is 0 Å². The third-order valence-electron chi connectivity index (χ3n) is 2.73. The summed E-state index contributed by atoms with van der Waals surface area (Å²) in [6.07, 6.45) is 1.83. The Balaban J connectivity index is 2.49. The molecule has 0 fully saturated rings. The molecule has 1 aromatic carbocycles. The van der Waals surface area contributed by atoms with Gasteiger partial charge in [-0.25, -0.2) is 4.68 Å². The highest BCUT2D eigenvalue weighted by molar-refractivity contribution is 5.48. The molecule has 0 bridgehead atoms. The Morgan fingerprint density at radius 2 is 2.06 bits per heavy atom. The summed E-state index contributed by atoms with van der Waals surface area (Å²) in [6.45, 7) is 5.82. The molecule has 0 saturated carbocycles. The highest BCUT2D eigenvalue weighted by atomic mass is 16.5. The zero-order valence-corrected chi connectivity index (χ0v) is 11.1. The first kappa shape index (κ1) is 12.6. The zero-order valence-electron chi connectivity index (χ0n) is 11.1. The molecule has 0 unspecified atom stereocenters. The average Bonchev–Trinajstić information content (AvgIpc) is 2.77. The van der Waals surface area contributed by atoms with E-state index in [0.29, 0.717) is 0 Å². The van der Waals surface area contributed by atoms with Crippen LogP contribution in [0, 0.1) is 6.92 Å². The average molecular weight is 246 g/mol. The predicted molar refractivity (Wildman–Crippen MR) is 69.9 cm³/mol. The lowest BCUT2D eigenvalue weighted by Crippen LogP contribution is -2.29. The molecular formula is C13H18N4O. The molecule has 0 atom stereocenters. The van der Waals surface area contributed by atoms with Gasteiger partial charge in [0.15, 0.2) is 0 Å². The molecule has 0 aliphatic carbocycles. The van der Waals surface area contributed by atoms with Gasteiger partial charge in [0.05, 0.1) is 18.8 Å². The molecule has 1 heterocycles. The topological polar surface area (TPSA) is 66.0 Å². The van der Waals surface area contributed by atoms with Crippen molar-refractivity contribution < 1.29 is 4.74 Å². The smallest absolute Gasteiger partial charge is 0.144 e. The molecule has 2 rings (SSSR count). The summed E-state index contributed by atoms with van der Waals surface area (Å²) in [4.78, 5) is 0. The van der Waals surface area contributed by atoms with E-state index in [9.17, 15) is 0 Å². The Morgan fingerprint density at radius 3 is 2.61 bits per heavy atom. The van der Waals surface area contributed by atoms with Gasteiger partial charge < -0.3 is 10.5 Å². The summed E-state index contributed by atoms with van der Waals surface area (Å²) in [6, 6.07) is 5.91. The van der Waals surface area contributed by atoms with E-state index in [1.807, 2.05) is 45.2 Å². The molecule has 0 spiro atoms. The molecule has 0 amide bonds. The summed E-state index contributed by atoms with van der Waals surface area (Å²) in [5, 5.41) is 8.21. The SMILES string of the molecule is COc1ccc(C)cc1-n1cc(C(C)(C)N)nn1. The molecule has 96 valence electrons. The van der Waals surface area contributed by atoms with E-state index in [0.717, 1.165) is 22.7 Å². The second kappa shape index (κ2) is 4.42. The first-order chi connectivity index (χ1) is 8.41. The Bertz CT molecular complexity index is 554. The monoisotopic (exact) mass is 246 g/mol. The molecule has 2 aromatic rings. The van der Waals surface area contributed by atoms with E-state index < -0.39 is 5.54 Å². The lowest BCUT2D eigenvalue weighted by atomic mass is 10.0.